The zero-order chi connectivity index (χ0) is 16.0. The molecule has 0 aliphatic carbocycles. The van der Waals surface area contributed by atoms with Gasteiger partial charge in [-0.15, -0.1) is 0 Å². The Bertz CT molecular complexity index is 474. The third-order valence-corrected chi connectivity index (χ3v) is 4.58. The van der Waals surface area contributed by atoms with Crippen LogP contribution in [0.2, 0.25) is 0 Å². The predicted octanol–water partition coefficient (Wildman–Crippen LogP) is 0.144. The zero-order valence-corrected chi connectivity index (χ0v) is 12.7. The van der Waals surface area contributed by atoms with Crippen molar-refractivity contribution in [3.63, 3.8) is 0 Å². The minimum absolute atomic E-state index is 0.0640. The summed E-state index contributed by atoms with van der Waals surface area (Å²) in [6, 6.07) is 0.440. The number of nitrogens with one attached hydrogen (secondary N) is 2. The van der Waals surface area contributed by atoms with Gasteiger partial charge in [-0.1, -0.05) is 6.42 Å². The van der Waals surface area contributed by atoms with Crippen LogP contribution >= 0.6 is 11.8 Å². The van der Waals surface area contributed by atoms with Crippen LogP contribution in [0.4, 0.5) is 4.79 Å². The molecule has 0 aromatic rings. The molecule has 0 radical (unpaired) electrons. The molecule has 2 aliphatic heterocycles. The van der Waals surface area contributed by atoms with Gasteiger partial charge in [-0.05, 0) is 12.8 Å². The van der Waals surface area contributed by atoms with Crippen LogP contribution in [-0.4, -0.2) is 57.7 Å². The first-order chi connectivity index (χ1) is 9.66. The minimum Gasteiger partial charge on any atom is -0.481 e. The number of hydrogen-bond donors (Lipinski definition) is 5. The van der Waals surface area contributed by atoms with E-state index >= 15 is 0 Å². The van der Waals surface area contributed by atoms with E-state index in [1.54, 1.807) is 0 Å². The number of carboxylic acid groups (broad SMARTS) is 1. The summed E-state index contributed by atoms with van der Waals surface area (Å²) in [5.74, 6) is 0.236. The van der Waals surface area contributed by atoms with Crippen LogP contribution in [0.1, 0.15) is 25.7 Å². The number of amides is 2. The summed E-state index contributed by atoms with van der Waals surface area (Å²) in [4.78, 5) is 21.5. The fourth-order valence-electron chi connectivity index (χ4n) is 2.26. The standard InChI is InChI=1S/C10H16N2O3S.H2O4S/c13-8(14)4-2-1-3-7-9-6(5-16-7)11-10(15)12-9;1-5(2,3)4/h6-7,9H,1-5H2,(H,13,14)(H2,11,12,15);(H2,1,2,3,4)/t6-,7-,9-;/m1./s1. The number of urea groups is 1. The van der Waals surface area contributed by atoms with Crippen molar-refractivity contribution in [2.24, 2.45) is 0 Å². The molecule has 2 fully saturated rings. The third kappa shape index (κ3) is 7.50. The van der Waals surface area contributed by atoms with Crippen molar-refractivity contribution in [1.29, 1.82) is 0 Å². The second-order valence-electron chi connectivity index (χ2n) is 4.71. The molecule has 0 spiro atoms. The van der Waals surface area contributed by atoms with Gasteiger partial charge in [0.15, 0.2) is 0 Å². The number of carbonyl (C=O) groups is 2. The Labute approximate surface area is 126 Å². The molecule has 2 heterocycles. The Hall–Kier alpha value is -1.04. The Morgan fingerprint density at radius 1 is 1.29 bits per heavy atom. The molecule has 5 N–H and O–H groups in total. The van der Waals surface area contributed by atoms with Crippen LogP contribution in [0.5, 0.6) is 0 Å². The lowest BCUT2D eigenvalue weighted by molar-refractivity contribution is -0.137. The van der Waals surface area contributed by atoms with Crippen LogP contribution in [-0.2, 0) is 15.2 Å². The number of thioether (sulfide) groups is 1. The van der Waals surface area contributed by atoms with Gasteiger partial charge in [-0.2, -0.15) is 20.2 Å². The van der Waals surface area contributed by atoms with Gasteiger partial charge >= 0.3 is 22.4 Å². The first kappa shape index (κ1) is 18.0. The molecule has 11 heteroatoms. The Balaban J connectivity index is 0.000000383. The second kappa shape index (κ2) is 7.82. The summed E-state index contributed by atoms with van der Waals surface area (Å²) < 4.78 is 31.6. The number of carbonyl (C=O) groups excluding carboxylic acids is 1. The number of carboxylic acids is 1. The summed E-state index contributed by atoms with van der Waals surface area (Å²) in [5, 5.41) is 14.8. The predicted molar refractivity (Wildman–Crippen MR) is 75.8 cm³/mol. The van der Waals surface area contributed by atoms with Crippen molar-refractivity contribution in [2.45, 2.75) is 43.0 Å². The van der Waals surface area contributed by atoms with Crippen LogP contribution in [0.3, 0.4) is 0 Å². The monoisotopic (exact) mass is 342 g/mol. The van der Waals surface area contributed by atoms with E-state index in [4.69, 9.17) is 22.6 Å². The molecule has 2 saturated heterocycles. The lowest BCUT2D eigenvalue weighted by Gasteiger charge is -2.16. The summed E-state index contributed by atoms with van der Waals surface area (Å²) in [5.41, 5.74) is 0. The van der Waals surface area contributed by atoms with E-state index in [9.17, 15) is 9.59 Å². The van der Waals surface area contributed by atoms with E-state index in [-0.39, 0.29) is 24.5 Å². The van der Waals surface area contributed by atoms with Crippen molar-refractivity contribution in [1.82, 2.24) is 10.6 Å². The van der Waals surface area contributed by atoms with Crippen molar-refractivity contribution >= 4 is 34.2 Å². The molecule has 0 unspecified atom stereocenters. The first-order valence-electron chi connectivity index (χ1n) is 6.27. The second-order valence-corrected chi connectivity index (χ2v) is 6.88. The molecule has 2 aliphatic rings. The van der Waals surface area contributed by atoms with Gasteiger partial charge in [0.1, 0.15) is 0 Å². The molecule has 21 heavy (non-hydrogen) atoms. The van der Waals surface area contributed by atoms with Crippen molar-refractivity contribution in [2.75, 3.05) is 5.75 Å². The van der Waals surface area contributed by atoms with E-state index in [1.807, 2.05) is 11.8 Å². The van der Waals surface area contributed by atoms with E-state index < -0.39 is 16.4 Å². The summed E-state index contributed by atoms with van der Waals surface area (Å²) in [7, 11) is -4.67. The van der Waals surface area contributed by atoms with Crippen LogP contribution in [0.25, 0.3) is 0 Å². The SMILES string of the molecule is O=C(O)CCCC[C@H]1SC[C@H]2NC(=O)N[C@H]21.O=S(=O)(O)O. The molecule has 122 valence electrons. The lowest BCUT2D eigenvalue weighted by Crippen LogP contribution is -2.36. The summed E-state index contributed by atoms with van der Waals surface area (Å²) >= 11 is 1.87. The van der Waals surface area contributed by atoms with Gasteiger partial charge < -0.3 is 15.7 Å². The Kier molecular flexibility index (Phi) is 6.71. The number of aliphatic carboxylic acids is 1. The lowest BCUT2D eigenvalue weighted by atomic mass is 10.0. The van der Waals surface area contributed by atoms with E-state index in [0.29, 0.717) is 5.25 Å². The molecule has 0 saturated carbocycles. The number of unbranched alkanes of at least 4 members (excludes halogenated alkanes) is 1. The molecule has 0 aromatic heterocycles. The average Bonchev–Trinajstić information content (AvgIpc) is 2.82. The minimum atomic E-state index is -4.67. The molecule has 0 aromatic carbocycles. The molecule has 9 nitrogen and oxygen atoms in total. The van der Waals surface area contributed by atoms with Gasteiger partial charge in [0.2, 0.25) is 0 Å². The van der Waals surface area contributed by atoms with Crippen LogP contribution in [0.15, 0.2) is 0 Å². The first-order valence-corrected chi connectivity index (χ1v) is 8.71. The molecular formula is C10H18N2O7S2. The Morgan fingerprint density at radius 3 is 2.48 bits per heavy atom. The third-order valence-electron chi connectivity index (χ3n) is 3.07. The molecule has 0 bridgehead atoms. The van der Waals surface area contributed by atoms with Crippen LogP contribution < -0.4 is 10.6 Å². The van der Waals surface area contributed by atoms with E-state index in [1.165, 1.54) is 0 Å². The zero-order valence-electron chi connectivity index (χ0n) is 11.1. The van der Waals surface area contributed by atoms with Gasteiger partial charge in [0.05, 0.1) is 12.1 Å². The topological polar surface area (TPSA) is 153 Å². The fourth-order valence-corrected chi connectivity index (χ4v) is 3.81. The van der Waals surface area contributed by atoms with Crippen molar-refractivity contribution in [3.05, 3.63) is 0 Å². The highest BCUT2D eigenvalue weighted by molar-refractivity contribution is 8.00. The quantitative estimate of drug-likeness (QED) is 0.269. The maximum Gasteiger partial charge on any atom is 0.394 e. The van der Waals surface area contributed by atoms with Gasteiger partial charge in [0.25, 0.3) is 0 Å². The summed E-state index contributed by atoms with van der Waals surface area (Å²) in [6.07, 6.45) is 2.88. The summed E-state index contributed by atoms with van der Waals surface area (Å²) in [6.45, 7) is 0. The maximum absolute atomic E-state index is 11.1. The number of fused-ring (bicyclic) bond motifs is 1. The van der Waals surface area contributed by atoms with Gasteiger partial charge in [0, 0.05) is 17.4 Å². The highest BCUT2D eigenvalue weighted by Gasteiger charge is 2.42. The van der Waals surface area contributed by atoms with Crippen molar-refractivity contribution in [3.8, 4) is 0 Å². The maximum atomic E-state index is 11.1. The molecule has 2 amide bonds. The molecule has 3 atom stereocenters. The molecule has 2 rings (SSSR count). The highest BCUT2D eigenvalue weighted by atomic mass is 32.3. The highest BCUT2D eigenvalue weighted by Crippen LogP contribution is 2.33. The van der Waals surface area contributed by atoms with Gasteiger partial charge in [-0.25, -0.2) is 4.79 Å². The molecular weight excluding hydrogens is 324 g/mol. The normalized spacial score (nSPS) is 27.1. The smallest absolute Gasteiger partial charge is 0.394 e. The fraction of sp³-hybridized carbons (Fsp3) is 0.800. The number of hydrogen-bond acceptors (Lipinski definition) is 5. The largest absolute Gasteiger partial charge is 0.481 e. The van der Waals surface area contributed by atoms with Crippen LogP contribution in [0, 0.1) is 0 Å². The Morgan fingerprint density at radius 2 is 1.90 bits per heavy atom. The van der Waals surface area contributed by atoms with E-state index in [2.05, 4.69) is 10.6 Å². The number of rotatable bonds is 5. The van der Waals surface area contributed by atoms with Gasteiger partial charge in [-0.3, -0.25) is 13.9 Å². The average molecular weight is 342 g/mol. The van der Waals surface area contributed by atoms with E-state index in [0.717, 1.165) is 25.0 Å². The van der Waals surface area contributed by atoms with Crippen molar-refractivity contribution < 1.29 is 32.2 Å².